The van der Waals surface area contributed by atoms with Crippen LogP contribution in [0.15, 0.2) is 30.3 Å². The third-order valence-electron chi connectivity index (χ3n) is 5.41. The first-order valence-corrected chi connectivity index (χ1v) is 10.0. The van der Waals surface area contributed by atoms with E-state index in [1.54, 1.807) is 0 Å². The number of piperidine rings is 1. The van der Waals surface area contributed by atoms with Crippen LogP contribution in [-0.2, 0) is 24.2 Å². The standard InChI is InChI=1S/C22H27N5O/c1-3-18-19(14-23)21(26-25-20(18)4-2)27-12-10-17(11-13-27)22(28)24-15-16-8-6-5-7-9-16/h5-9,17H,3-4,10-13,15H2,1-2H3,(H,24,28). The van der Waals surface area contributed by atoms with Gasteiger partial charge in [-0.1, -0.05) is 44.2 Å². The quantitative estimate of drug-likeness (QED) is 0.837. The smallest absolute Gasteiger partial charge is 0.223 e. The van der Waals surface area contributed by atoms with Crippen LogP contribution in [-0.4, -0.2) is 29.2 Å². The van der Waals surface area contributed by atoms with Gasteiger partial charge in [-0.25, -0.2) is 0 Å². The van der Waals surface area contributed by atoms with Crippen LogP contribution in [0.1, 0.15) is 49.1 Å². The number of nitrogens with one attached hydrogen (secondary N) is 1. The summed E-state index contributed by atoms with van der Waals surface area (Å²) < 4.78 is 0. The summed E-state index contributed by atoms with van der Waals surface area (Å²) in [6.45, 7) is 6.05. The van der Waals surface area contributed by atoms with Crippen LogP contribution in [0.25, 0.3) is 0 Å². The fourth-order valence-corrected chi connectivity index (χ4v) is 3.78. The molecule has 1 aromatic heterocycles. The molecule has 2 aromatic rings. The van der Waals surface area contributed by atoms with Crippen molar-refractivity contribution in [3.8, 4) is 6.07 Å². The highest BCUT2D eigenvalue weighted by Crippen LogP contribution is 2.27. The number of nitrogens with zero attached hydrogens (tertiary/aromatic N) is 4. The van der Waals surface area contributed by atoms with Gasteiger partial charge in [-0.15, -0.1) is 5.10 Å². The molecule has 1 fully saturated rings. The minimum absolute atomic E-state index is 0.000910. The van der Waals surface area contributed by atoms with E-state index in [-0.39, 0.29) is 11.8 Å². The van der Waals surface area contributed by atoms with E-state index in [0.717, 1.165) is 42.5 Å². The molecule has 1 aromatic carbocycles. The molecule has 6 heteroatoms. The van der Waals surface area contributed by atoms with E-state index < -0.39 is 0 Å². The molecular weight excluding hydrogens is 350 g/mol. The maximum atomic E-state index is 12.5. The number of nitriles is 1. The predicted molar refractivity (Wildman–Crippen MR) is 109 cm³/mol. The van der Waals surface area contributed by atoms with Crippen LogP contribution in [0.3, 0.4) is 0 Å². The van der Waals surface area contributed by atoms with E-state index in [2.05, 4.69) is 26.5 Å². The highest BCUT2D eigenvalue weighted by atomic mass is 16.1. The average Bonchev–Trinajstić information content (AvgIpc) is 2.77. The second-order valence-electron chi connectivity index (χ2n) is 7.11. The van der Waals surface area contributed by atoms with E-state index in [4.69, 9.17) is 0 Å². The summed E-state index contributed by atoms with van der Waals surface area (Å²) in [5.74, 6) is 0.768. The van der Waals surface area contributed by atoms with Crippen molar-refractivity contribution in [3.63, 3.8) is 0 Å². The number of carbonyl (C=O) groups is 1. The Labute approximate surface area is 166 Å². The minimum atomic E-state index is -0.000910. The number of carbonyl (C=O) groups excluding carboxylic acids is 1. The molecule has 0 spiro atoms. The van der Waals surface area contributed by atoms with Crippen molar-refractivity contribution in [2.75, 3.05) is 18.0 Å². The lowest BCUT2D eigenvalue weighted by molar-refractivity contribution is -0.125. The summed E-state index contributed by atoms with van der Waals surface area (Å²) in [7, 11) is 0. The number of aryl methyl sites for hydroxylation is 1. The number of hydrogen-bond acceptors (Lipinski definition) is 5. The zero-order chi connectivity index (χ0) is 19.9. The molecule has 0 saturated carbocycles. The molecule has 1 amide bonds. The first-order valence-electron chi connectivity index (χ1n) is 10.0. The Kier molecular flexibility index (Phi) is 6.59. The van der Waals surface area contributed by atoms with E-state index in [1.807, 2.05) is 44.2 Å². The van der Waals surface area contributed by atoms with Crippen LogP contribution in [0.2, 0.25) is 0 Å². The van der Waals surface area contributed by atoms with E-state index in [0.29, 0.717) is 31.0 Å². The molecule has 1 aliphatic rings. The number of aromatic nitrogens is 2. The molecule has 2 heterocycles. The molecule has 0 bridgehead atoms. The summed E-state index contributed by atoms with van der Waals surface area (Å²) in [6.07, 6.45) is 3.05. The zero-order valence-corrected chi connectivity index (χ0v) is 16.6. The molecule has 0 radical (unpaired) electrons. The van der Waals surface area contributed by atoms with Gasteiger partial charge in [-0.3, -0.25) is 4.79 Å². The summed E-state index contributed by atoms with van der Waals surface area (Å²) in [6, 6.07) is 12.3. The zero-order valence-electron chi connectivity index (χ0n) is 16.6. The number of hydrogen-bond donors (Lipinski definition) is 1. The lowest BCUT2D eigenvalue weighted by atomic mass is 9.95. The van der Waals surface area contributed by atoms with Crippen molar-refractivity contribution in [1.29, 1.82) is 5.26 Å². The third-order valence-corrected chi connectivity index (χ3v) is 5.41. The monoisotopic (exact) mass is 377 g/mol. The first-order chi connectivity index (χ1) is 13.7. The number of rotatable bonds is 6. The highest BCUT2D eigenvalue weighted by molar-refractivity contribution is 5.79. The molecule has 6 nitrogen and oxygen atoms in total. The van der Waals surface area contributed by atoms with Gasteiger partial charge in [0.15, 0.2) is 5.82 Å². The predicted octanol–water partition coefficient (Wildman–Crippen LogP) is 3.01. The molecular formula is C22H27N5O. The van der Waals surface area contributed by atoms with Gasteiger partial charge in [0.25, 0.3) is 0 Å². The van der Waals surface area contributed by atoms with Gasteiger partial charge >= 0.3 is 0 Å². The first kappa shape index (κ1) is 19.8. The van der Waals surface area contributed by atoms with Gasteiger partial charge in [-0.05, 0) is 36.8 Å². The van der Waals surface area contributed by atoms with Crippen LogP contribution < -0.4 is 10.2 Å². The maximum absolute atomic E-state index is 12.5. The molecule has 1 saturated heterocycles. The van der Waals surface area contributed by atoms with Crippen molar-refractivity contribution >= 4 is 11.7 Å². The minimum Gasteiger partial charge on any atom is -0.354 e. The van der Waals surface area contributed by atoms with E-state index in [9.17, 15) is 10.1 Å². The van der Waals surface area contributed by atoms with Crippen molar-refractivity contribution in [2.24, 2.45) is 5.92 Å². The number of benzene rings is 1. The SMILES string of the molecule is CCc1nnc(N2CCC(C(=O)NCc3ccccc3)CC2)c(C#N)c1CC. The van der Waals surface area contributed by atoms with Crippen LogP contribution >= 0.6 is 0 Å². The fourth-order valence-electron chi connectivity index (χ4n) is 3.78. The molecule has 28 heavy (non-hydrogen) atoms. The molecule has 3 rings (SSSR count). The Morgan fingerprint density at radius 2 is 1.89 bits per heavy atom. The van der Waals surface area contributed by atoms with Crippen LogP contribution in [0.4, 0.5) is 5.82 Å². The van der Waals surface area contributed by atoms with Gasteiger partial charge in [0.2, 0.25) is 5.91 Å². The second-order valence-corrected chi connectivity index (χ2v) is 7.11. The van der Waals surface area contributed by atoms with Crippen molar-refractivity contribution < 1.29 is 4.79 Å². The van der Waals surface area contributed by atoms with Gasteiger partial charge < -0.3 is 10.2 Å². The molecule has 0 atom stereocenters. The molecule has 1 aliphatic heterocycles. The van der Waals surface area contributed by atoms with E-state index >= 15 is 0 Å². The largest absolute Gasteiger partial charge is 0.354 e. The summed E-state index contributed by atoms with van der Waals surface area (Å²) in [5.41, 5.74) is 3.64. The highest BCUT2D eigenvalue weighted by Gasteiger charge is 2.28. The van der Waals surface area contributed by atoms with Crippen LogP contribution in [0.5, 0.6) is 0 Å². The summed E-state index contributed by atoms with van der Waals surface area (Å²) in [5, 5.41) is 21.4. The van der Waals surface area contributed by atoms with Gasteiger partial charge in [0.05, 0.1) is 5.69 Å². The Balaban J connectivity index is 1.62. The summed E-state index contributed by atoms with van der Waals surface area (Å²) in [4.78, 5) is 14.6. The van der Waals surface area contributed by atoms with Gasteiger partial charge in [0.1, 0.15) is 11.6 Å². The lowest BCUT2D eigenvalue weighted by Gasteiger charge is -2.32. The Morgan fingerprint density at radius 1 is 1.18 bits per heavy atom. The van der Waals surface area contributed by atoms with Gasteiger partial charge in [0, 0.05) is 25.6 Å². The van der Waals surface area contributed by atoms with Crippen molar-refractivity contribution in [1.82, 2.24) is 15.5 Å². The second kappa shape index (κ2) is 9.32. The number of amides is 1. The molecule has 146 valence electrons. The summed E-state index contributed by atoms with van der Waals surface area (Å²) >= 11 is 0. The normalized spacial score (nSPS) is 14.5. The average molecular weight is 377 g/mol. The lowest BCUT2D eigenvalue weighted by Crippen LogP contribution is -2.41. The third kappa shape index (κ3) is 4.30. The topological polar surface area (TPSA) is 81.9 Å². The van der Waals surface area contributed by atoms with Crippen LogP contribution in [0, 0.1) is 17.2 Å². The van der Waals surface area contributed by atoms with Crippen molar-refractivity contribution in [3.05, 3.63) is 52.7 Å². The molecule has 0 unspecified atom stereocenters. The fraction of sp³-hybridized carbons (Fsp3) is 0.455. The Bertz CT molecular complexity index is 851. The number of anilines is 1. The molecule has 0 aliphatic carbocycles. The Hall–Kier alpha value is -2.94. The van der Waals surface area contributed by atoms with Gasteiger partial charge in [-0.2, -0.15) is 10.4 Å². The van der Waals surface area contributed by atoms with Crippen molar-refractivity contribution in [2.45, 2.75) is 46.1 Å². The maximum Gasteiger partial charge on any atom is 0.223 e. The Morgan fingerprint density at radius 3 is 2.50 bits per heavy atom. The van der Waals surface area contributed by atoms with E-state index in [1.165, 1.54) is 0 Å². The molecule has 1 N–H and O–H groups in total.